The van der Waals surface area contributed by atoms with Crippen molar-refractivity contribution < 1.29 is 4.74 Å². The lowest BCUT2D eigenvalue weighted by Gasteiger charge is -2.39. The number of methoxy groups -OCH3 is 1. The lowest BCUT2D eigenvalue weighted by atomic mass is 9.84. The molecular weight excluding hydrogens is 188 g/mol. The first-order chi connectivity index (χ1) is 7.03. The van der Waals surface area contributed by atoms with Gasteiger partial charge in [0, 0.05) is 32.8 Å². The van der Waals surface area contributed by atoms with Gasteiger partial charge in [0.05, 0.1) is 0 Å². The van der Waals surface area contributed by atoms with Crippen molar-refractivity contribution >= 4 is 0 Å². The number of likely N-dealkylation sites (tertiary alicyclic amines) is 1. The summed E-state index contributed by atoms with van der Waals surface area (Å²) in [5, 5.41) is 0. The van der Waals surface area contributed by atoms with Crippen molar-refractivity contribution in [2.75, 3.05) is 33.4 Å². The predicted molar refractivity (Wildman–Crippen MR) is 63.9 cm³/mol. The third-order valence-corrected chi connectivity index (χ3v) is 3.17. The summed E-state index contributed by atoms with van der Waals surface area (Å²) in [6.07, 6.45) is 3.62. The fourth-order valence-electron chi connectivity index (χ4n) is 2.39. The molecule has 1 aliphatic heterocycles. The molecule has 1 aliphatic rings. The van der Waals surface area contributed by atoms with Gasteiger partial charge in [-0.05, 0) is 31.2 Å². The van der Waals surface area contributed by atoms with Gasteiger partial charge in [0.1, 0.15) is 0 Å². The fourth-order valence-corrected chi connectivity index (χ4v) is 2.39. The number of hydrogen-bond acceptors (Lipinski definition) is 3. The van der Waals surface area contributed by atoms with Crippen LogP contribution in [-0.2, 0) is 4.74 Å². The smallest absolute Gasteiger partial charge is 0.0477 e. The Kier molecular flexibility index (Phi) is 5.03. The summed E-state index contributed by atoms with van der Waals surface area (Å²) < 4.78 is 5.04. The zero-order valence-electron chi connectivity index (χ0n) is 10.5. The predicted octanol–water partition coefficient (Wildman–Crippen LogP) is 1.47. The molecule has 2 N–H and O–H groups in total. The molecule has 90 valence electrons. The highest BCUT2D eigenvalue weighted by Crippen LogP contribution is 2.28. The van der Waals surface area contributed by atoms with Crippen LogP contribution in [0.2, 0.25) is 0 Å². The molecule has 1 atom stereocenters. The zero-order valence-corrected chi connectivity index (χ0v) is 10.5. The Morgan fingerprint density at radius 1 is 1.47 bits per heavy atom. The summed E-state index contributed by atoms with van der Waals surface area (Å²) >= 11 is 0. The van der Waals surface area contributed by atoms with Crippen LogP contribution >= 0.6 is 0 Å². The number of piperidine rings is 1. The summed E-state index contributed by atoms with van der Waals surface area (Å²) in [5.74, 6) is 0. The molecule has 3 heteroatoms. The molecule has 1 fully saturated rings. The van der Waals surface area contributed by atoms with Crippen LogP contribution in [0.25, 0.3) is 0 Å². The van der Waals surface area contributed by atoms with Gasteiger partial charge >= 0.3 is 0 Å². The molecule has 3 nitrogen and oxygen atoms in total. The number of hydrogen-bond donors (Lipinski definition) is 1. The van der Waals surface area contributed by atoms with E-state index in [9.17, 15) is 0 Å². The van der Waals surface area contributed by atoms with E-state index in [2.05, 4.69) is 18.7 Å². The lowest BCUT2D eigenvalue weighted by Crippen LogP contribution is -2.45. The van der Waals surface area contributed by atoms with E-state index in [1.165, 1.54) is 25.9 Å². The van der Waals surface area contributed by atoms with Crippen LogP contribution < -0.4 is 5.73 Å². The largest absolute Gasteiger partial charge is 0.385 e. The second-order valence-electron chi connectivity index (χ2n) is 5.54. The first kappa shape index (κ1) is 12.9. The van der Waals surface area contributed by atoms with Gasteiger partial charge in [0.15, 0.2) is 0 Å². The topological polar surface area (TPSA) is 38.5 Å². The van der Waals surface area contributed by atoms with Gasteiger partial charge in [0.25, 0.3) is 0 Å². The van der Waals surface area contributed by atoms with Crippen LogP contribution in [0.5, 0.6) is 0 Å². The highest BCUT2D eigenvalue weighted by atomic mass is 16.5. The minimum Gasteiger partial charge on any atom is -0.385 e. The SMILES string of the molecule is COCCC(N)CN1CCCC(C)(C)C1. The van der Waals surface area contributed by atoms with E-state index in [-0.39, 0.29) is 6.04 Å². The molecule has 1 rings (SSSR count). The Balaban J connectivity index is 2.25. The minimum atomic E-state index is 0.263. The van der Waals surface area contributed by atoms with E-state index in [4.69, 9.17) is 10.5 Å². The molecular formula is C12H26N2O. The minimum absolute atomic E-state index is 0.263. The van der Waals surface area contributed by atoms with Crippen LogP contribution in [0.4, 0.5) is 0 Å². The molecule has 1 heterocycles. The van der Waals surface area contributed by atoms with Gasteiger partial charge in [-0.2, -0.15) is 0 Å². The molecule has 1 unspecified atom stereocenters. The van der Waals surface area contributed by atoms with Crippen LogP contribution in [0.15, 0.2) is 0 Å². The monoisotopic (exact) mass is 214 g/mol. The molecule has 0 amide bonds. The van der Waals surface area contributed by atoms with Gasteiger partial charge in [-0.1, -0.05) is 13.8 Å². The maximum Gasteiger partial charge on any atom is 0.0477 e. The summed E-state index contributed by atoms with van der Waals surface area (Å²) in [6.45, 7) is 8.89. The molecule has 0 aromatic heterocycles. The first-order valence-electron chi connectivity index (χ1n) is 6.00. The molecule has 0 aromatic rings. The Labute approximate surface area is 94.0 Å². The van der Waals surface area contributed by atoms with Crippen LogP contribution in [0.1, 0.15) is 33.1 Å². The quantitative estimate of drug-likeness (QED) is 0.753. The Bertz CT molecular complexity index is 182. The maximum absolute atomic E-state index is 6.06. The van der Waals surface area contributed by atoms with E-state index in [1.54, 1.807) is 7.11 Å². The van der Waals surface area contributed by atoms with E-state index in [1.807, 2.05) is 0 Å². The van der Waals surface area contributed by atoms with Crippen molar-refractivity contribution in [1.29, 1.82) is 0 Å². The Morgan fingerprint density at radius 2 is 2.20 bits per heavy atom. The number of nitrogens with two attached hydrogens (primary N) is 1. The van der Waals surface area contributed by atoms with E-state index >= 15 is 0 Å². The Morgan fingerprint density at radius 3 is 2.80 bits per heavy atom. The number of rotatable bonds is 5. The molecule has 0 saturated carbocycles. The van der Waals surface area contributed by atoms with E-state index < -0.39 is 0 Å². The third kappa shape index (κ3) is 4.96. The summed E-state index contributed by atoms with van der Waals surface area (Å²) in [4.78, 5) is 2.50. The zero-order chi connectivity index (χ0) is 11.3. The number of nitrogens with zero attached hydrogens (tertiary/aromatic N) is 1. The molecule has 1 saturated heterocycles. The fraction of sp³-hybridized carbons (Fsp3) is 1.00. The molecule has 0 aromatic carbocycles. The van der Waals surface area contributed by atoms with Crippen LogP contribution in [0.3, 0.4) is 0 Å². The average molecular weight is 214 g/mol. The van der Waals surface area contributed by atoms with Gasteiger partial charge in [0.2, 0.25) is 0 Å². The Hall–Kier alpha value is -0.120. The van der Waals surface area contributed by atoms with Crippen molar-refractivity contribution in [2.24, 2.45) is 11.1 Å². The van der Waals surface area contributed by atoms with E-state index in [0.717, 1.165) is 19.6 Å². The molecule has 15 heavy (non-hydrogen) atoms. The van der Waals surface area contributed by atoms with Gasteiger partial charge < -0.3 is 15.4 Å². The molecule has 0 radical (unpaired) electrons. The van der Waals surface area contributed by atoms with Crippen molar-refractivity contribution in [2.45, 2.75) is 39.2 Å². The summed E-state index contributed by atoms with van der Waals surface area (Å²) in [7, 11) is 1.73. The highest BCUT2D eigenvalue weighted by molar-refractivity contribution is 4.81. The van der Waals surface area contributed by atoms with Gasteiger partial charge in [-0.15, -0.1) is 0 Å². The second-order valence-corrected chi connectivity index (χ2v) is 5.54. The van der Waals surface area contributed by atoms with Crippen LogP contribution in [-0.4, -0.2) is 44.3 Å². The molecule has 0 spiro atoms. The van der Waals surface area contributed by atoms with E-state index in [0.29, 0.717) is 5.41 Å². The summed E-state index contributed by atoms with van der Waals surface area (Å²) in [6, 6.07) is 0.263. The van der Waals surface area contributed by atoms with Crippen molar-refractivity contribution in [3.05, 3.63) is 0 Å². The van der Waals surface area contributed by atoms with Crippen LogP contribution in [0, 0.1) is 5.41 Å². The molecule has 0 bridgehead atoms. The van der Waals surface area contributed by atoms with Gasteiger partial charge in [-0.3, -0.25) is 0 Å². The lowest BCUT2D eigenvalue weighted by molar-refractivity contribution is 0.105. The number of ether oxygens (including phenoxy) is 1. The summed E-state index contributed by atoms with van der Waals surface area (Å²) in [5.41, 5.74) is 6.53. The maximum atomic E-state index is 6.06. The molecule has 0 aliphatic carbocycles. The van der Waals surface area contributed by atoms with Crippen molar-refractivity contribution in [3.8, 4) is 0 Å². The third-order valence-electron chi connectivity index (χ3n) is 3.17. The standard InChI is InChI=1S/C12H26N2O/c1-12(2)6-4-7-14(10-12)9-11(13)5-8-15-3/h11H,4-10,13H2,1-3H3. The van der Waals surface area contributed by atoms with Crippen molar-refractivity contribution in [1.82, 2.24) is 4.90 Å². The first-order valence-corrected chi connectivity index (χ1v) is 6.00. The highest BCUT2D eigenvalue weighted by Gasteiger charge is 2.26. The average Bonchev–Trinajstić information content (AvgIpc) is 2.13. The second kappa shape index (κ2) is 5.83. The normalized spacial score (nSPS) is 24.0. The van der Waals surface area contributed by atoms with Crippen molar-refractivity contribution in [3.63, 3.8) is 0 Å². The van der Waals surface area contributed by atoms with Gasteiger partial charge in [-0.25, -0.2) is 0 Å².